The number of aromatic nitrogens is 1. The minimum Gasteiger partial charge on any atom is -0.507 e. The average Bonchev–Trinajstić information content (AvgIpc) is 2.33. The van der Waals surface area contributed by atoms with E-state index < -0.39 is 5.91 Å². The van der Waals surface area contributed by atoms with Gasteiger partial charge in [0.05, 0.1) is 5.56 Å². The molecule has 2 rings (SSSR count). The molecule has 0 unspecified atom stereocenters. The number of carbonyl (C=O) groups is 1. The van der Waals surface area contributed by atoms with Gasteiger partial charge in [-0.3, -0.25) is 4.79 Å². The molecule has 0 saturated carbocycles. The van der Waals surface area contributed by atoms with E-state index in [1.54, 1.807) is 36.5 Å². The van der Waals surface area contributed by atoms with Gasteiger partial charge in [0, 0.05) is 10.7 Å². The van der Waals surface area contributed by atoms with Gasteiger partial charge in [0.2, 0.25) is 0 Å². The summed E-state index contributed by atoms with van der Waals surface area (Å²) in [4.78, 5) is 15.8. The molecular weight excluding hydrogens is 284 g/mol. The first-order valence-electron chi connectivity index (χ1n) is 4.88. The number of hydrogen-bond acceptors (Lipinski definition) is 3. The van der Waals surface area contributed by atoms with E-state index in [1.165, 1.54) is 6.07 Å². The first-order valence-corrected chi connectivity index (χ1v) is 5.67. The zero-order chi connectivity index (χ0) is 12.3. The maximum absolute atomic E-state index is 11.9. The van der Waals surface area contributed by atoms with Crippen molar-refractivity contribution in [3.63, 3.8) is 0 Å². The van der Waals surface area contributed by atoms with Crippen molar-refractivity contribution in [3.05, 3.63) is 52.6 Å². The molecule has 0 spiro atoms. The molecule has 0 aliphatic carbocycles. The van der Waals surface area contributed by atoms with Gasteiger partial charge in [-0.1, -0.05) is 22.0 Å². The van der Waals surface area contributed by atoms with E-state index in [0.717, 1.165) is 4.47 Å². The summed E-state index contributed by atoms with van der Waals surface area (Å²) >= 11 is 3.24. The SMILES string of the molecule is O=C(Nc1ccccn1)c1cc(Br)ccc1O. The Labute approximate surface area is 106 Å². The molecule has 0 aliphatic heterocycles. The van der Waals surface area contributed by atoms with Gasteiger partial charge in [0.15, 0.2) is 0 Å². The first-order chi connectivity index (χ1) is 8.16. The number of hydrogen-bond donors (Lipinski definition) is 2. The number of rotatable bonds is 2. The minimum atomic E-state index is -0.400. The van der Waals surface area contributed by atoms with Gasteiger partial charge >= 0.3 is 0 Å². The molecule has 2 N–H and O–H groups in total. The number of benzene rings is 1. The van der Waals surface area contributed by atoms with Gasteiger partial charge in [0.25, 0.3) is 5.91 Å². The maximum Gasteiger partial charge on any atom is 0.260 e. The van der Waals surface area contributed by atoms with Gasteiger partial charge < -0.3 is 10.4 Å². The van der Waals surface area contributed by atoms with Crippen molar-refractivity contribution in [3.8, 4) is 5.75 Å². The Morgan fingerprint density at radius 1 is 1.29 bits per heavy atom. The summed E-state index contributed by atoms with van der Waals surface area (Å²) < 4.78 is 0.724. The molecule has 1 aromatic heterocycles. The highest BCUT2D eigenvalue weighted by molar-refractivity contribution is 9.10. The molecule has 1 heterocycles. The molecule has 5 heteroatoms. The number of anilines is 1. The molecule has 0 saturated heterocycles. The molecule has 0 aliphatic rings. The van der Waals surface area contributed by atoms with E-state index in [9.17, 15) is 9.90 Å². The Kier molecular flexibility index (Phi) is 3.39. The van der Waals surface area contributed by atoms with E-state index in [0.29, 0.717) is 5.82 Å². The molecule has 0 fully saturated rings. The number of amides is 1. The lowest BCUT2D eigenvalue weighted by molar-refractivity contribution is 0.102. The Balaban J connectivity index is 2.23. The molecule has 4 nitrogen and oxygen atoms in total. The first kappa shape index (κ1) is 11.6. The van der Waals surface area contributed by atoms with Gasteiger partial charge in [-0.25, -0.2) is 4.98 Å². The Morgan fingerprint density at radius 2 is 2.12 bits per heavy atom. The summed E-state index contributed by atoms with van der Waals surface area (Å²) in [6.45, 7) is 0. The summed E-state index contributed by atoms with van der Waals surface area (Å²) in [6.07, 6.45) is 1.58. The highest BCUT2D eigenvalue weighted by atomic mass is 79.9. The lowest BCUT2D eigenvalue weighted by atomic mass is 10.2. The Morgan fingerprint density at radius 3 is 2.82 bits per heavy atom. The van der Waals surface area contributed by atoms with Crippen LogP contribution < -0.4 is 5.32 Å². The number of carbonyl (C=O) groups excluding carboxylic acids is 1. The summed E-state index contributed by atoms with van der Waals surface area (Å²) in [6, 6.07) is 9.86. The summed E-state index contributed by atoms with van der Waals surface area (Å²) in [7, 11) is 0. The van der Waals surface area contributed by atoms with E-state index in [2.05, 4.69) is 26.2 Å². The third-order valence-corrected chi connectivity index (χ3v) is 2.60. The quantitative estimate of drug-likeness (QED) is 0.895. The van der Waals surface area contributed by atoms with E-state index in [1.807, 2.05) is 0 Å². The summed E-state index contributed by atoms with van der Waals surface area (Å²) in [5.41, 5.74) is 0.199. The number of halogens is 1. The average molecular weight is 293 g/mol. The van der Waals surface area contributed by atoms with Crippen LogP contribution in [0.25, 0.3) is 0 Å². The lowest BCUT2D eigenvalue weighted by Gasteiger charge is -2.06. The van der Waals surface area contributed by atoms with Gasteiger partial charge in [0.1, 0.15) is 11.6 Å². The fraction of sp³-hybridized carbons (Fsp3) is 0. The van der Waals surface area contributed by atoms with Crippen molar-refractivity contribution >= 4 is 27.7 Å². The van der Waals surface area contributed by atoms with E-state index >= 15 is 0 Å². The largest absolute Gasteiger partial charge is 0.507 e. The van der Waals surface area contributed by atoms with Crippen LogP contribution in [0.4, 0.5) is 5.82 Å². The van der Waals surface area contributed by atoms with Gasteiger partial charge in [-0.2, -0.15) is 0 Å². The second-order valence-electron chi connectivity index (χ2n) is 3.33. The second kappa shape index (κ2) is 4.97. The molecule has 17 heavy (non-hydrogen) atoms. The van der Waals surface area contributed by atoms with Crippen molar-refractivity contribution in [2.75, 3.05) is 5.32 Å². The van der Waals surface area contributed by atoms with Crippen molar-refractivity contribution in [1.82, 2.24) is 4.98 Å². The zero-order valence-electron chi connectivity index (χ0n) is 8.72. The van der Waals surface area contributed by atoms with E-state index in [4.69, 9.17) is 0 Å². The topological polar surface area (TPSA) is 62.2 Å². The van der Waals surface area contributed by atoms with Crippen LogP contribution in [-0.4, -0.2) is 16.0 Å². The monoisotopic (exact) mass is 292 g/mol. The molecule has 2 aromatic rings. The smallest absolute Gasteiger partial charge is 0.260 e. The predicted molar refractivity (Wildman–Crippen MR) is 68.0 cm³/mol. The number of aromatic hydroxyl groups is 1. The minimum absolute atomic E-state index is 0.0679. The van der Waals surface area contributed by atoms with Crippen LogP contribution in [0.3, 0.4) is 0 Å². The van der Waals surface area contributed by atoms with Crippen LogP contribution in [0.2, 0.25) is 0 Å². The molecule has 1 amide bonds. The van der Waals surface area contributed by atoms with Crippen molar-refractivity contribution in [2.45, 2.75) is 0 Å². The molecule has 0 atom stereocenters. The molecule has 0 radical (unpaired) electrons. The van der Waals surface area contributed by atoms with Crippen molar-refractivity contribution in [2.24, 2.45) is 0 Å². The van der Waals surface area contributed by atoms with Gasteiger partial charge in [-0.05, 0) is 30.3 Å². The molecular formula is C12H9BrN2O2. The Hall–Kier alpha value is -1.88. The maximum atomic E-state index is 11.9. The van der Waals surface area contributed by atoms with Crippen LogP contribution in [0.1, 0.15) is 10.4 Å². The summed E-state index contributed by atoms with van der Waals surface area (Å²) in [5, 5.41) is 12.2. The fourth-order valence-corrected chi connectivity index (χ4v) is 1.67. The second-order valence-corrected chi connectivity index (χ2v) is 4.25. The van der Waals surface area contributed by atoms with Crippen LogP contribution >= 0.6 is 15.9 Å². The third-order valence-electron chi connectivity index (χ3n) is 2.11. The third kappa shape index (κ3) is 2.82. The Bertz CT molecular complexity index is 543. The summed E-state index contributed by atoms with van der Waals surface area (Å²) in [5.74, 6) is -0.0268. The number of nitrogens with one attached hydrogen (secondary N) is 1. The number of phenols is 1. The normalized spacial score (nSPS) is 9.94. The fourth-order valence-electron chi connectivity index (χ4n) is 1.31. The number of phenolic OH excluding ortho intramolecular Hbond substituents is 1. The predicted octanol–water partition coefficient (Wildman–Crippen LogP) is 2.80. The van der Waals surface area contributed by atoms with E-state index in [-0.39, 0.29) is 11.3 Å². The molecule has 86 valence electrons. The highest BCUT2D eigenvalue weighted by Crippen LogP contribution is 2.22. The van der Waals surface area contributed by atoms with Crippen molar-refractivity contribution < 1.29 is 9.90 Å². The standard InChI is InChI=1S/C12H9BrN2O2/c13-8-4-5-10(16)9(7-8)12(17)15-11-3-1-2-6-14-11/h1-7,16H,(H,14,15,17). The molecule has 1 aromatic carbocycles. The number of pyridine rings is 1. The zero-order valence-corrected chi connectivity index (χ0v) is 10.3. The number of nitrogens with zero attached hydrogens (tertiary/aromatic N) is 1. The van der Waals surface area contributed by atoms with Crippen LogP contribution in [-0.2, 0) is 0 Å². The van der Waals surface area contributed by atoms with Crippen LogP contribution in [0.5, 0.6) is 5.75 Å². The van der Waals surface area contributed by atoms with Crippen LogP contribution in [0, 0.1) is 0 Å². The lowest BCUT2D eigenvalue weighted by Crippen LogP contribution is -2.12. The highest BCUT2D eigenvalue weighted by Gasteiger charge is 2.11. The van der Waals surface area contributed by atoms with Crippen LogP contribution in [0.15, 0.2) is 47.1 Å². The van der Waals surface area contributed by atoms with Crippen molar-refractivity contribution in [1.29, 1.82) is 0 Å². The molecule has 0 bridgehead atoms. The van der Waals surface area contributed by atoms with Gasteiger partial charge in [-0.15, -0.1) is 0 Å².